The molecule has 0 amide bonds. The third-order valence-electron chi connectivity index (χ3n) is 2.10. The number of nitrogen functional groups attached to an aromatic ring is 1. The van der Waals surface area contributed by atoms with Crippen LogP contribution in [0.15, 0.2) is 18.2 Å². The Hall–Kier alpha value is -0.910. The second kappa shape index (κ2) is 5.85. The summed E-state index contributed by atoms with van der Waals surface area (Å²) in [5, 5.41) is 8.68. The molecule has 15 heavy (non-hydrogen) atoms. The van der Waals surface area contributed by atoms with Gasteiger partial charge < -0.3 is 15.4 Å². The predicted molar refractivity (Wildman–Crippen MR) is 60.7 cm³/mol. The molecule has 1 atom stereocenters. The van der Waals surface area contributed by atoms with Gasteiger partial charge in [0.15, 0.2) is 11.1 Å². The van der Waals surface area contributed by atoms with Crippen LogP contribution in [0.25, 0.3) is 0 Å². The maximum Gasteiger partial charge on any atom is 0.157 e. The molecule has 1 aromatic rings. The van der Waals surface area contributed by atoms with Gasteiger partial charge in [0, 0.05) is 12.3 Å². The fourth-order valence-electron chi connectivity index (χ4n) is 1.37. The Morgan fingerprint density at radius 3 is 2.67 bits per heavy atom. The van der Waals surface area contributed by atoms with Crippen molar-refractivity contribution in [3.63, 3.8) is 0 Å². The van der Waals surface area contributed by atoms with Gasteiger partial charge in [0.1, 0.15) is 0 Å². The first-order valence-corrected chi connectivity index (χ1v) is 5.96. The van der Waals surface area contributed by atoms with E-state index in [4.69, 9.17) is 15.4 Å². The van der Waals surface area contributed by atoms with E-state index in [0.29, 0.717) is 12.1 Å². The number of hydrogen-bond acceptors (Lipinski definition) is 3. The summed E-state index contributed by atoms with van der Waals surface area (Å²) in [6.45, 7) is 0.141. The van der Waals surface area contributed by atoms with Crippen LogP contribution >= 0.6 is 0 Å². The molecule has 1 aromatic carbocycles. The van der Waals surface area contributed by atoms with E-state index in [1.54, 1.807) is 12.1 Å². The number of aliphatic hydroxyl groups is 1. The fourth-order valence-corrected chi connectivity index (χ4v) is 1.84. The molecule has 0 spiro atoms. The molecule has 0 heterocycles. The number of anilines is 1. The molecule has 0 aliphatic rings. The van der Waals surface area contributed by atoms with E-state index < -0.39 is 11.1 Å². The average molecular weight is 229 g/mol. The van der Waals surface area contributed by atoms with E-state index in [2.05, 4.69) is 0 Å². The lowest BCUT2D eigenvalue weighted by Crippen LogP contribution is -1.99. The van der Waals surface area contributed by atoms with Gasteiger partial charge in [-0.15, -0.1) is 0 Å². The molecule has 4 nitrogen and oxygen atoms in total. The van der Waals surface area contributed by atoms with Crippen molar-refractivity contribution in [3.8, 4) is 0 Å². The van der Waals surface area contributed by atoms with Crippen LogP contribution in [-0.4, -0.2) is 20.5 Å². The number of aryl methyl sites for hydroxylation is 1. The Kier molecular flexibility index (Phi) is 4.74. The van der Waals surface area contributed by atoms with Gasteiger partial charge >= 0.3 is 0 Å². The lowest BCUT2D eigenvalue weighted by Gasteiger charge is -2.06. The molecule has 0 aliphatic carbocycles. The SMILES string of the molecule is Nc1cc(CS(=O)O)ccc1CCCO. The zero-order valence-corrected chi connectivity index (χ0v) is 9.17. The molecule has 1 rings (SSSR count). The van der Waals surface area contributed by atoms with Crippen molar-refractivity contribution in [2.24, 2.45) is 0 Å². The second-order valence-corrected chi connectivity index (χ2v) is 4.26. The summed E-state index contributed by atoms with van der Waals surface area (Å²) in [7, 11) is 0. The van der Waals surface area contributed by atoms with Gasteiger partial charge in [0.25, 0.3) is 0 Å². The Bertz CT molecular complexity index is 355. The summed E-state index contributed by atoms with van der Waals surface area (Å²) >= 11 is -1.83. The van der Waals surface area contributed by atoms with Gasteiger partial charge in [-0.05, 0) is 30.0 Å². The maximum absolute atomic E-state index is 10.6. The largest absolute Gasteiger partial charge is 0.398 e. The molecule has 84 valence electrons. The van der Waals surface area contributed by atoms with Crippen molar-refractivity contribution >= 4 is 16.8 Å². The Balaban J connectivity index is 2.74. The highest BCUT2D eigenvalue weighted by Crippen LogP contribution is 2.16. The van der Waals surface area contributed by atoms with E-state index in [9.17, 15) is 4.21 Å². The molecular formula is C10H15NO3S. The Morgan fingerprint density at radius 1 is 1.40 bits per heavy atom. The van der Waals surface area contributed by atoms with Crippen LogP contribution in [0.2, 0.25) is 0 Å². The predicted octanol–water partition coefficient (Wildman–Crippen LogP) is 0.915. The van der Waals surface area contributed by atoms with E-state index in [1.165, 1.54) is 0 Å². The van der Waals surface area contributed by atoms with Crippen molar-refractivity contribution in [1.82, 2.24) is 0 Å². The number of benzene rings is 1. The molecule has 4 N–H and O–H groups in total. The van der Waals surface area contributed by atoms with Crippen molar-refractivity contribution in [3.05, 3.63) is 29.3 Å². The summed E-state index contributed by atoms with van der Waals surface area (Å²) in [5.41, 5.74) is 8.11. The minimum atomic E-state index is -1.83. The van der Waals surface area contributed by atoms with Crippen LogP contribution in [0, 0.1) is 0 Å². The third kappa shape index (κ3) is 3.99. The molecule has 5 heteroatoms. The van der Waals surface area contributed by atoms with Gasteiger partial charge in [0.2, 0.25) is 0 Å². The molecule has 0 saturated carbocycles. The number of hydrogen-bond donors (Lipinski definition) is 3. The van der Waals surface area contributed by atoms with Gasteiger partial charge in [-0.2, -0.15) is 0 Å². The molecular weight excluding hydrogens is 214 g/mol. The van der Waals surface area contributed by atoms with Gasteiger partial charge in [-0.25, -0.2) is 4.21 Å². The van der Waals surface area contributed by atoms with E-state index in [0.717, 1.165) is 17.5 Å². The number of aliphatic hydroxyl groups excluding tert-OH is 1. The van der Waals surface area contributed by atoms with Crippen LogP contribution < -0.4 is 5.73 Å². The monoisotopic (exact) mass is 229 g/mol. The summed E-state index contributed by atoms with van der Waals surface area (Å²) in [4.78, 5) is 0. The van der Waals surface area contributed by atoms with Gasteiger partial charge in [-0.3, -0.25) is 0 Å². The topological polar surface area (TPSA) is 83.6 Å². The maximum atomic E-state index is 10.6. The van der Waals surface area contributed by atoms with Crippen LogP contribution in [0.1, 0.15) is 17.5 Å². The first kappa shape index (κ1) is 12.2. The third-order valence-corrected chi connectivity index (χ3v) is 2.68. The summed E-state index contributed by atoms with van der Waals surface area (Å²) < 4.78 is 19.3. The number of nitrogens with two attached hydrogens (primary N) is 1. The quantitative estimate of drug-likeness (QED) is 0.518. The lowest BCUT2D eigenvalue weighted by molar-refractivity contribution is 0.288. The minimum Gasteiger partial charge on any atom is -0.398 e. The van der Waals surface area contributed by atoms with Crippen LogP contribution in [-0.2, 0) is 23.3 Å². The standard InChI is InChI=1S/C10H15NO3S/c11-10-6-8(7-15(13)14)3-4-9(10)2-1-5-12/h3-4,6,12H,1-2,5,7,11H2,(H,13,14). The highest BCUT2D eigenvalue weighted by molar-refractivity contribution is 7.78. The molecule has 0 bridgehead atoms. The second-order valence-electron chi connectivity index (χ2n) is 3.33. The molecule has 0 aliphatic heterocycles. The average Bonchev–Trinajstić information content (AvgIpc) is 2.15. The highest BCUT2D eigenvalue weighted by atomic mass is 32.2. The van der Waals surface area contributed by atoms with Crippen molar-refractivity contribution < 1.29 is 13.9 Å². The van der Waals surface area contributed by atoms with E-state index in [-0.39, 0.29) is 12.4 Å². The Morgan fingerprint density at radius 2 is 2.13 bits per heavy atom. The van der Waals surface area contributed by atoms with Gasteiger partial charge in [-0.1, -0.05) is 12.1 Å². The first-order valence-electron chi connectivity index (χ1n) is 4.69. The smallest absolute Gasteiger partial charge is 0.157 e. The zero-order valence-electron chi connectivity index (χ0n) is 8.35. The summed E-state index contributed by atoms with van der Waals surface area (Å²) in [5.74, 6) is 0.102. The minimum absolute atomic E-state index is 0.102. The van der Waals surface area contributed by atoms with Crippen LogP contribution in [0.4, 0.5) is 5.69 Å². The van der Waals surface area contributed by atoms with E-state index in [1.807, 2.05) is 6.07 Å². The van der Waals surface area contributed by atoms with E-state index >= 15 is 0 Å². The van der Waals surface area contributed by atoms with Crippen LogP contribution in [0.5, 0.6) is 0 Å². The molecule has 0 fully saturated rings. The van der Waals surface area contributed by atoms with Crippen molar-refractivity contribution in [2.45, 2.75) is 18.6 Å². The Labute approximate surface area is 91.4 Å². The van der Waals surface area contributed by atoms with Crippen LogP contribution in [0.3, 0.4) is 0 Å². The van der Waals surface area contributed by atoms with Crippen molar-refractivity contribution in [2.75, 3.05) is 12.3 Å². The lowest BCUT2D eigenvalue weighted by atomic mass is 10.1. The number of rotatable bonds is 5. The first-order chi connectivity index (χ1) is 7.13. The summed E-state index contributed by atoms with van der Waals surface area (Å²) in [6.07, 6.45) is 1.40. The fraction of sp³-hybridized carbons (Fsp3) is 0.400. The molecule has 1 unspecified atom stereocenters. The van der Waals surface area contributed by atoms with Gasteiger partial charge in [0.05, 0.1) is 5.75 Å². The van der Waals surface area contributed by atoms with Crippen molar-refractivity contribution in [1.29, 1.82) is 0 Å². The summed E-state index contributed by atoms with van der Waals surface area (Å²) in [6, 6.07) is 5.34. The highest BCUT2D eigenvalue weighted by Gasteiger charge is 2.03. The zero-order chi connectivity index (χ0) is 11.3. The molecule has 0 aromatic heterocycles. The molecule has 0 radical (unpaired) electrons. The molecule has 0 saturated heterocycles. The normalized spacial score (nSPS) is 12.7.